The van der Waals surface area contributed by atoms with Crippen LogP contribution in [0.2, 0.25) is 0 Å². The van der Waals surface area contributed by atoms with Gasteiger partial charge in [0.1, 0.15) is 0 Å². The molecule has 0 aliphatic carbocycles. The molecule has 0 amide bonds. The largest absolute Gasteiger partial charge is 0.384 e. The number of rotatable bonds is 7. The number of ether oxygens (including phenoxy) is 1. The summed E-state index contributed by atoms with van der Waals surface area (Å²) in [6, 6.07) is 4.85. The summed E-state index contributed by atoms with van der Waals surface area (Å²) in [4.78, 5) is 1.45. The van der Waals surface area contributed by atoms with Gasteiger partial charge in [-0.1, -0.05) is 13.0 Å². The van der Waals surface area contributed by atoms with Gasteiger partial charge in [-0.25, -0.2) is 0 Å². The topological polar surface area (TPSA) is 21.3 Å². The molecule has 2 nitrogen and oxygen atoms in total. The molecule has 15 heavy (non-hydrogen) atoms. The minimum Gasteiger partial charge on any atom is -0.384 e. The van der Waals surface area contributed by atoms with Gasteiger partial charge >= 0.3 is 0 Å². The lowest BCUT2D eigenvalue weighted by atomic mass is 10.1. The maximum absolute atomic E-state index is 5.10. The third-order valence-corrected chi connectivity index (χ3v) is 3.25. The molecule has 0 spiro atoms. The Morgan fingerprint density at radius 1 is 1.47 bits per heavy atom. The second-order valence-corrected chi connectivity index (χ2v) is 5.19. The molecule has 2 atom stereocenters. The van der Waals surface area contributed by atoms with E-state index in [1.165, 1.54) is 4.88 Å². The summed E-state index contributed by atoms with van der Waals surface area (Å²) in [6.45, 7) is 6.30. The highest BCUT2D eigenvalue weighted by Crippen LogP contribution is 2.10. The van der Waals surface area contributed by atoms with Crippen molar-refractivity contribution in [2.45, 2.75) is 26.3 Å². The Balaban J connectivity index is 2.16. The Bertz CT molecular complexity index is 248. The summed E-state index contributed by atoms with van der Waals surface area (Å²) in [6.07, 6.45) is 1.12. The van der Waals surface area contributed by atoms with Crippen LogP contribution in [-0.2, 0) is 11.2 Å². The van der Waals surface area contributed by atoms with Crippen molar-refractivity contribution >= 4 is 11.3 Å². The molecule has 1 N–H and O–H groups in total. The van der Waals surface area contributed by atoms with E-state index in [0.717, 1.165) is 19.6 Å². The van der Waals surface area contributed by atoms with E-state index in [1.807, 2.05) is 11.3 Å². The molecule has 1 aromatic rings. The molecule has 1 heterocycles. The normalized spacial score (nSPS) is 15.1. The highest BCUT2D eigenvalue weighted by molar-refractivity contribution is 7.09. The van der Waals surface area contributed by atoms with Crippen molar-refractivity contribution in [2.24, 2.45) is 5.92 Å². The third kappa shape index (κ3) is 5.30. The van der Waals surface area contributed by atoms with Gasteiger partial charge in [0.2, 0.25) is 0 Å². The van der Waals surface area contributed by atoms with Crippen LogP contribution in [0.25, 0.3) is 0 Å². The third-order valence-electron chi connectivity index (χ3n) is 2.35. The SMILES string of the molecule is COCC(C)CNC(C)Cc1cccs1. The Morgan fingerprint density at radius 3 is 2.87 bits per heavy atom. The average molecular weight is 227 g/mol. The van der Waals surface area contributed by atoms with E-state index in [4.69, 9.17) is 4.74 Å². The van der Waals surface area contributed by atoms with Crippen LogP contribution in [0.3, 0.4) is 0 Å². The van der Waals surface area contributed by atoms with E-state index in [-0.39, 0.29) is 0 Å². The number of hydrogen-bond donors (Lipinski definition) is 1. The van der Waals surface area contributed by atoms with Gasteiger partial charge in [0.25, 0.3) is 0 Å². The summed E-state index contributed by atoms with van der Waals surface area (Å²) in [5.74, 6) is 0.584. The van der Waals surface area contributed by atoms with Crippen molar-refractivity contribution in [3.05, 3.63) is 22.4 Å². The van der Waals surface area contributed by atoms with E-state index in [9.17, 15) is 0 Å². The molecule has 0 aliphatic heterocycles. The molecule has 2 unspecified atom stereocenters. The molecule has 0 aromatic carbocycles. The van der Waals surface area contributed by atoms with Crippen LogP contribution in [0, 0.1) is 5.92 Å². The maximum atomic E-state index is 5.10. The van der Waals surface area contributed by atoms with Gasteiger partial charge in [-0.05, 0) is 30.7 Å². The highest BCUT2D eigenvalue weighted by atomic mass is 32.1. The Labute approximate surface area is 96.7 Å². The average Bonchev–Trinajstić information content (AvgIpc) is 2.68. The van der Waals surface area contributed by atoms with Crippen molar-refractivity contribution in [3.8, 4) is 0 Å². The number of hydrogen-bond acceptors (Lipinski definition) is 3. The van der Waals surface area contributed by atoms with E-state index >= 15 is 0 Å². The van der Waals surface area contributed by atoms with Crippen molar-refractivity contribution < 1.29 is 4.74 Å². The van der Waals surface area contributed by atoms with Gasteiger partial charge in [-0.15, -0.1) is 11.3 Å². The molecule has 0 saturated carbocycles. The summed E-state index contributed by atoms with van der Waals surface area (Å²) in [5, 5.41) is 5.67. The number of thiophene rings is 1. The van der Waals surface area contributed by atoms with Gasteiger partial charge < -0.3 is 10.1 Å². The lowest BCUT2D eigenvalue weighted by Crippen LogP contribution is -2.33. The van der Waals surface area contributed by atoms with Crippen LogP contribution in [0.1, 0.15) is 18.7 Å². The van der Waals surface area contributed by atoms with E-state index in [0.29, 0.717) is 12.0 Å². The van der Waals surface area contributed by atoms with Gasteiger partial charge in [-0.2, -0.15) is 0 Å². The number of methoxy groups -OCH3 is 1. The predicted molar refractivity (Wildman–Crippen MR) is 66.5 cm³/mol. The van der Waals surface area contributed by atoms with Crippen LogP contribution >= 0.6 is 11.3 Å². The zero-order valence-corrected chi connectivity index (χ0v) is 10.6. The summed E-state index contributed by atoms with van der Waals surface area (Å²) in [7, 11) is 1.76. The van der Waals surface area contributed by atoms with Crippen LogP contribution in [0.5, 0.6) is 0 Å². The van der Waals surface area contributed by atoms with Gasteiger partial charge in [0, 0.05) is 31.2 Å². The Kier molecular flexibility index (Phi) is 5.91. The molecule has 1 aromatic heterocycles. The molecule has 0 radical (unpaired) electrons. The molecule has 1 rings (SSSR count). The predicted octanol–water partition coefficient (Wildman–Crippen LogP) is 2.55. The minimum absolute atomic E-state index is 0.544. The summed E-state index contributed by atoms with van der Waals surface area (Å²) in [5.41, 5.74) is 0. The van der Waals surface area contributed by atoms with Crippen LogP contribution in [0.4, 0.5) is 0 Å². The standard InChI is InChI=1S/C12H21NOS/c1-10(9-14-3)8-13-11(2)7-12-5-4-6-15-12/h4-6,10-11,13H,7-9H2,1-3H3. The Hall–Kier alpha value is -0.380. The quantitative estimate of drug-likeness (QED) is 0.773. The first-order valence-electron chi connectivity index (χ1n) is 5.47. The van der Waals surface area contributed by atoms with Crippen LogP contribution in [-0.4, -0.2) is 26.3 Å². The highest BCUT2D eigenvalue weighted by Gasteiger charge is 2.06. The minimum atomic E-state index is 0.544. The van der Waals surface area contributed by atoms with Gasteiger partial charge in [-0.3, -0.25) is 0 Å². The van der Waals surface area contributed by atoms with Gasteiger partial charge in [0.05, 0.1) is 0 Å². The fourth-order valence-corrected chi connectivity index (χ4v) is 2.38. The first-order valence-corrected chi connectivity index (χ1v) is 6.35. The molecular formula is C12H21NOS. The molecular weight excluding hydrogens is 206 g/mol. The van der Waals surface area contributed by atoms with Gasteiger partial charge in [0.15, 0.2) is 0 Å². The molecule has 3 heteroatoms. The Morgan fingerprint density at radius 2 is 2.27 bits per heavy atom. The lowest BCUT2D eigenvalue weighted by molar-refractivity contribution is 0.157. The summed E-state index contributed by atoms with van der Waals surface area (Å²) < 4.78 is 5.10. The lowest BCUT2D eigenvalue weighted by Gasteiger charge is -2.16. The zero-order chi connectivity index (χ0) is 11.1. The summed E-state index contributed by atoms with van der Waals surface area (Å²) >= 11 is 1.83. The molecule has 86 valence electrons. The van der Waals surface area contributed by atoms with E-state index in [1.54, 1.807) is 7.11 Å². The molecule has 0 bridgehead atoms. The second-order valence-electron chi connectivity index (χ2n) is 4.15. The zero-order valence-electron chi connectivity index (χ0n) is 9.82. The van der Waals surface area contributed by atoms with Crippen molar-refractivity contribution in [2.75, 3.05) is 20.3 Å². The first kappa shape index (κ1) is 12.7. The van der Waals surface area contributed by atoms with Crippen molar-refractivity contribution in [1.29, 1.82) is 0 Å². The van der Waals surface area contributed by atoms with Crippen molar-refractivity contribution in [1.82, 2.24) is 5.32 Å². The number of nitrogens with one attached hydrogen (secondary N) is 1. The fourth-order valence-electron chi connectivity index (χ4n) is 1.55. The van der Waals surface area contributed by atoms with Crippen molar-refractivity contribution in [3.63, 3.8) is 0 Å². The van der Waals surface area contributed by atoms with Crippen LogP contribution < -0.4 is 5.32 Å². The van der Waals surface area contributed by atoms with E-state index < -0.39 is 0 Å². The second kappa shape index (κ2) is 6.99. The molecule has 0 saturated heterocycles. The van der Waals surface area contributed by atoms with E-state index in [2.05, 4.69) is 36.7 Å². The first-order chi connectivity index (χ1) is 7.22. The monoisotopic (exact) mass is 227 g/mol. The molecule has 0 fully saturated rings. The smallest absolute Gasteiger partial charge is 0.0499 e. The maximum Gasteiger partial charge on any atom is 0.0499 e. The molecule has 0 aliphatic rings. The van der Waals surface area contributed by atoms with Crippen LogP contribution in [0.15, 0.2) is 17.5 Å². The fraction of sp³-hybridized carbons (Fsp3) is 0.667.